The third-order valence-corrected chi connectivity index (χ3v) is 4.57. The quantitative estimate of drug-likeness (QED) is 0.863. The van der Waals surface area contributed by atoms with Crippen molar-refractivity contribution in [3.63, 3.8) is 0 Å². The molecule has 1 saturated heterocycles. The summed E-state index contributed by atoms with van der Waals surface area (Å²) in [5.74, 6) is -0.137. The summed E-state index contributed by atoms with van der Waals surface area (Å²) in [6, 6.07) is 7.65. The van der Waals surface area contributed by atoms with Crippen LogP contribution in [0.1, 0.15) is 30.7 Å². The Bertz CT molecular complexity index is 593. The Kier molecular flexibility index (Phi) is 4.36. The molecule has 3 N–H and O–H groups in total. The Morgan fingerprint density at radius 2 is 2.18 bits per heavy atom. The summed E-state index contributed by atoms with van der Waals surface area (Å²) in [5.41, 5.74) is 6.32. The summed E-state index contributed by atoms with van der Waals surface area (Å²) in [6.07, 6.45) is 1.59. The first-order valence-corrected chi connectivity index (χ1v) is 7.90. The number of ether oxygens (including phenoxy) is 1. The van der Waals surface area contributed by atoms with Crippen LogP contribution in [-0.4, -0.2) is 30.6 Å². The van der Waals surface area contributed by atoms with Gasteiger partial charge in [0.2, 0.25) is 11.8 Å². The second-order valence-electron chi connectivity index (χ2n) is 5.98. The molecule has 0 aromatic heterocycles. The molecule has 1 aromatic rings. The van der Waals surface area contributed by atoms with E-state index in [1.165, 1.54) is 0 Å². The van der Waals surface area contributed by atoms with Crippen molar-refractivity contribution < 1.29 is 14.3 Å². The number of carbonyl (C=O) groups excluding carboxylic acids is 2. The van der Waals surface area contributed by atoms with Gasteiger partial charge in [0.15, 0.2) is 0 Å². The molecule has 1 heterocycles. The fraction of sp³-hybridized carbons (Fsp3) is 0.500. The summed E-state index contributed by atoms with van der Waals surface area (Å²) in [7, 11) is 0. The molecule has 0 spiro atoms. The average molecular weight is 323 g/mol. The maximum Gasteiger partial charge on any atom is 0.246 e. The van der Waals surface area contributed by atoms with Crippen molar-refractivity contribution in [2.24, 2.45) is 11.7 Å². The predicted molar refractivity (Wildman–Crippen MR) is 82.4 cm³/mol. The van der Waals surface area contributed by atoms with E-state index in [0.717, 1.165) is 18.4 Å². The van der Waals surface area contributed by atoms with E-state index in [9.17, 15) is 9.59 Å². The van der Waals surface area contributed by atoms with Gasteiger partial charge in [-0.2, -0.15) is 0 Å². The van der Waals surface area contributed by atoms with Crippen LogP contribution in [0.3, 0.4) is 0 Å². The Morgan fingerprint density at radius 3 is 2.86 bits per heavy atom. The molecule has 3 rings (SSSR count). The van der Waals surface area contributed by atoms with Crippen molar-refractivity contribution in [2.75, 3.05) is 6.54 Å². The number of hydrogen-bond donors (Lipinski definition) is 2. The van der Waals surface area contributed by atoms with Crippen LogP contribution < -0.4 is 11.1 Å². The number of primary amides is 1. The highest BCUT2D eigenvalue weighted by Gasteiger charge is 2.44. The largest absolute Gasteiger partial charge is 0.367 e. The van der Waals surface area contributed by atoms with E-state index < -0.39 is 12.0 Å². The van der Waals surface area contributed by atoms with Crippen LogP contribution in [0.5, 0.6) is 0 Å². The van der Waals surface area contributed by atoms with Crippen LogP contribution in [0.15, 0.2) is 24.3 Å². The Morgan fingerprint density at radius 1 is 1.36 bits per heavy atom. The first-order chi connectivity index (χ1) is 10.5. The van der Waals surface area contributed by atoms with Crippen molar-refractivity contribution in [3.05, 3.63) is 34.9 Å². The third kappa shape index (κ3) is 3.42. The Hall–Kier alpha value is -1.59. The third-order valence-electron chi connectivity index (χ3n) is 4.33. The maximum atomic E-state index is 12.2. The van der Waals surface area contributed by atoms with Crippen LogP contribution in [0.25, 0.3) is 0 Å². The molecule has 5 nitrogen and oxygen atoms in total. The minimum atomic E-state index is -0.512. The average Bonchev–Trinajstić information content (AvgIpc) is 3.15. The molecule has 0 radical (unpaired) electrons. The highest BCUT2D eigenvalue weighted by molar-refractivity contribution is 6.30. The minimum absolute atomic E-state index is 0.00630. The number of nitrogens with one attached hydrogen (secondary N) is 1. The van der Waals surface area contributed by atoms with Gasteiger partial charge in [-0.25, -0.2) is 0 Å². The van der Waals surface area contributed by atoms with Crippen molar-refractivity contribution in [3.8, 4) is 0 Å². The molecule has 4 atom stereocenters. The zero-order valence-electron chi connectivity index (χ0n) is 12.1. The van der Waals surface area contributed by atoms with Gasteiger partial charge in [0.05, 0.1) is 6.10 Å². The van der Waals surface area contributed by atoms with Crippen molar-refractivity contribution in [1.82, 2.24) is 5.32 Å². The smallest absolute Gasteiger partial charge is 0.246 e. The Labute approximate surface area is 134 Å². The summed E-state index contributed by atoms with van der Waals surface area (Å²) < 4.78 is 5.49. The molecule has 1 aliphatic heterocycles. The molecule has 2 amide bonds. The molecule has 2 fully saturated rings. The lowest BCUT2D eigenvalue weighted by atomic mass is 10.1. The highest BCUT2D eigenvalue weighted by atomic mass is 35.5. The predicted octanol–water partition coefficient (Wildman–Crippen LogP) is 1.59. The molecule has 22 heavy (non-hydrogen) atoms. The first-order valence-electron chi connectivity index (χ1n) is 7.52. The molecular formula is C16H19ClN2O3. The highest BCUT2D eigenvalue weighted by Crippen LogP contribution is 2.47. The number of rotatable bonds is 5. The van der Waals surface area contributed by atoms with E-state index in [1.54, 1.807) is 0 Å². The number of nitrogens with two attached hydrogens (primary N) is 1. The van der Waals surface area contributed by atoms with Gasteiger partial charge in [-0.3, -0.25) is 9.59 Å². The van der Waals surface area contributed by atoms with Gasteiger partial charge in [-0.05, 0) is 42.9 Å². The summed E-state index contributed by atoms with van der Waals surface area (Å²) in [4.78, 5) is 23.2. The van der Waals surface area contributed by atoms with Gasteiger partial charge in [-0.1, -0.05) is 23.7 Å². The molecule has 0 unspecified atom stereocenters. The lowest BCUT2D eigenvalue weighted by Gasteiger charge is -2.12. The van der Waals surface area contributed by atoms with Crippen LogP contribution in [0, 0.1) is 5.92 Å². The molecule has 1 saturated carbocycles. The second-order valence-corrected chi connectivity index (χ2v) is 6.41. The number of benzene rings is 1. The normalized spacial score (nSPS) is 30.0. The van der Waals surface area contributed by atoms with E-state index in [0.29, 0.717) is 18.0 Å². The molecule has 1 aromatic carbocycles. The summed E-state index contributed by atoms with van der Waals surface area (Å²) in [6.45, 7) is 0.432. The lowest BCUT2D eigenvalue weighted by Crippen LogP contribution is -2.35. The monoisotopic (exact) mass is 322 g/mol. The van der Waals surface area contributed by atoms with Crippen LogP contribution in [0.2, 0.25) is 5.02 Å². The molecule has 6 heteroatoms. The van der Waals surface area contributed by atoms with Crippen molar-refractivity contribution >= 4 is 23.4 Å². The second kappa shape index (κ2) is 6.26. The van der Waals surface area contributed by atoms with Gasteiger partial charge >= 0.3 is 0 Å². The van der Waals surface area contributed by atoms with Crippen molar-refractivity contribution in [2.45, 2.75) is 37.4 Å². The van der Waals surface area contributed by atoms with E-state index in [4.69, 9.17) is 22.1 Å². The fourth-order valence-corrected chi connectivity index (χ4v) is 3.20. The number of halogens is 1. The molecule has 2 aliphatic rings. The zero-order chi connectivity index (χ0) is 15.7. The summed E-state index contributed by atoms with van der Waals surface area (Å²) >= 11 is 5.98. The van der Waals surface area contributed by atoms with E-state index in [-0.39, 0.29) is 23.8 Å². The van der Waals surface area contributed by atoms with E-state index in [1.807, 2.05) is 24.3 Å². The topological polar surface area (TPSA) is 81.4 Å². The molecular weight excluding hydrogens is 304 g/mol. The molecule has 1 aliphatic carbocycles. The maximum absolute atomic E-state index is 12.2. The van der Waals surface area contributed by atoms with Crippen LogP contribution in [0.4, 0.5) is 0 Å². The zero-order valence-corrected chi connectivity index (χ0v) is 12.9. The fourth-order valence-electron chi connectivity index (χ4n) is 3.00. The standard InChI is InChI=1S/C16H19ClN2O3/c17-10-3-1-2-9(6-10)12-7-13(12)16(21)19-8-11-4-5-14(22-11)15(18)20/h1-3,6,11-14H,4-5,7-8H2,(H2,18,20)(H,19,21)/t11-,12+,13-,14+/m1/s1. The first kappa shape index (κ1) is 15.3. The SMILES string of the molecule is NC(=O)[C@@H]1CC[C@H](CNC(=O)[C@@H]2C[C@H]2c2cccc(Cl)c2)O1. The molecule has 0 bridgehead atoms. The van der Waals surface area contributed by atoms with Gasteiger partial charge in [0, 0.05) is 17.5 Å². The number of hydrogen-bond acceptors (Lipinski definition) is 3. The van der Waals surface area contributed by atoms with Crippen LogP contribution >= 0.6 is 11.6 Å². The Balaban J connectivity index is 1.45. The number of amides is 2. The van der Waals surface area contributed by atoms with E-state index >= 15 is 0 Å². The number of carbonyl (C=O) groups is 2. The minimum Gasteiger partial charge on any atom is -0.367 e. The molecule has 118 valence electrons. The van der Waals surface area contributed by atoms with Gasteiger partial charge in [-0.15, -0.1) is 0 Å². The van der Waals surface area contributed by atoms with E-state index in [2.05, 4.69) is 5.32 Å². The van der Waals surface area contributed by atoms with Gasteiger partial charge in [0.25, 0.3) is 0 Å². The van der Waals surface area contributed by atoms with Crippen LogP contribution in [-0.2, 0) is 14.3 Å². The summed E-state index contributed by atoms with van der Waals surface area (Å²) in [5, 5.41) is 3.61. The van der Waals surface area contributed by atoms with Crippen molar-refractivity contribution in [1.29, 1.82) is 0 Å². The lowest BCUT2D eigenvalue weighted by molar-refractivity contribution is -0.128. The van der Waals surface area contributed by atoms with Gasteiger partial charge in [0.1, 0.15) is 6.10 Å². The van der Waals surface area contributed by atoms with Gasteiger partial charge < -0.3 is 15.8 Å².